The third kappa shape index (κ3) is 3.30. The van der Waals surface area contributed by atoms with E-state index in [2.05, 4.69) is 34.5 Å². The van der Waals surface area contributed by atoms with Crippen molar-refractivity contribution in [1.29, 1.82) is 0 Å². The summed E-state index contributed by atoms with van der Waals surface area (Å²) >= 11 is 0. The molecular weight excluding hydrogens is 300 g/mol. The largest absolute Gasteiger partial charge is 0.322 e. The highest BCUT2D eigenvalue weighted by Crippen LogP contribution is 2.15. The van der Waals surface area contributed by atoms with Crippen LogP contribution in [0.4, 0.5) is 5.69 Å². The highest BCUT2D eigenvalue weighted by atomic mass is 16.1. The standard InChI is InChI=1S/C19H22N4O/c1-4-5-6-15-7-9-16(10-8-15)21-19(24)17-12-20-18-11-13(2)22-23(18)14(17)3/h7-12H,4-6H2,1-3H3,(H,21,24). The van der Waals surface area contributed by atoms with Gasteiger partial charge in [0.1, 0.15) is 0 Å². The molecule has 5 heteroatoms. The van der Waals surface area contributed by atoms with Gasteiger partial charge in [0.2, 0.25) is 0 Å². The second-order valence-electron chi connectivity index (χ2n) is 6.07. The van der Waals surface area contributed by atoms with E-state index < -0.39 is 0 Å². The van der Waals surface area contributed by atoms with Crippen molar-refractivity contribution in [3.05, 3.63) is 59.0 Å². The zero-order valence-corrected chi connectivity index (χ0v) is 14.3. The molecule has 0 aliphatic heterocycles. The Morgan fingerprint density at radius 1 is 1.21 bits per heavy atom. The Kier molecular flexibility index (Phi) is 4.60. The maximum atomic E-state index is 12.6. The summed E-state index contributed by atoms with van der Waals surface area (Å²) in [5.41, 5.74) is 5.02. The van der Waals surface area contributed by atoms with E-state index in [9.17, 15) is 4.79 Å². The summed E-state index contributed by atoms with van der Waals surface area (Å²) < 4.78 is 1.71. The number of nitrogens with zero attached hydrogens (tertiary/aromatic N) is 3. The Morgan fingerprint density at radius 2 is 1.96 bits per heavy atom. The first-order chi connectivity index (χ1) is 11.6. The first-order valence-corrected chi connectivity index (χ1v) is 8.30. The summed E-state index contributed by atoms with van der Waals surface area (Å²) in [5.74, 6) is -0.170. The van der Waals surface area contributed by atoms with Crippen molar-refractivity contribution >= 4 is 17.2 Å². The topological polar surface area (TPSA) is 59.3 Å². The molecule has 3 rings (SSSR count). The highest BCUT2D eigenvalue weighted by molar-refractivity contribution is 6.04. The molecule has 0 radical (unpaired) electrons. The van der Waals surface area contributed by atoms with E-state index >= 15 is 0 Å². The monoisotopic (exact) mass is 322 g/mol. The van der Waals surface area contributed by atoms with Crippen molar-refractivity contribution in [2.75, 3.05) is 5.32 Å². The number of rotatable bonds is 5. The van der Waals surface area contributed by atoms with Gasteiger partial charge in [-0.05, 0) is 44.4 Å². The first kappa shape index (κ1) is 16.2. The summed E-state index contributed by atoms with van der Waals surface area (Å²) in [4.78, 5) is 16.9. The van der Waals surface area contributed by atoms with Crippen LogP contribution in [0, 0.1) is 13.8 Å². The number of carbonyl (C=O) groups excluding carboxylic acids is 1. The van der Waals surface area contributed by atoms with Gasteiger partial charge in [-0.25, -0.2) is 9.50 Å². The fourth-order valence-corrected chi connectivity index (χ4v) is 2.72. The summed E-state index contributed by atoms with van der Waals surface area (Å²) in [6, 6.07) is 9.92. The number of aromatic nitrogens is 3. The third-order valence-corrected chi connectivity index (χ3v) is 4.12. The summed E-state index contributed by atoms with van der Waals surface area (Å²) in [7, 11) is 0. The summed E-state index contributed by atoms with van der Waals surface area (Å²) in [5, 5.41) is 7.31. The quantitative estimate of drug-likeness (QED) is 0.774. The molecule has 0 saturated heterocycles. The van der Waals surface area contributed by atoms with E-state index in [-0.39, 0.29) is 5.91 Å². The van der Waals surface area contributed by atoms with Gasteiger partial charge in [-0.1, -0.05) is 25.5 Å². The number of hydrogen-bond donors (Lipinski definition) is 1. The number of aryl methyl sites for hydroxylation is 3. The molecule has 0 bridgehead atoms. The van der Waals surface area contributed by atoms with Gasteiger partial charge in [0, 0.05) is 18.0 Å². The minimum atomic E-state index is -0.170. The molecule has 3 aromatic rings. The Bertz CT molecular complexity index is 865. The molecule has 0 aliphatic carbocycles. The maximum Gasteiger partial charge on any atom is 0.259 e. The Balaban J connectivity index is 1.78. The van der Waals surface area contributed by atoms with Gasteiger partial charge >= 0.3 is 0 Å². The molecule has 0 unspecified atom stereocenters. The smallest absolute Gasteiger partial charge is 0.259 e. The molecule has 1 N–H and O–H groups in total. The molecule has 2 aromatic heterocycles. The molecule has 0 spiro atoms. The van der Waals surface area contributed by atoms with Gasteiger partial charge in [-0.2, -0.15) is 5.10 Å². The summed E-state index contributed by atoms with van der Waals surface area (Å²) in [6.07, 6.45) is 5.04. The minimum Gasteiger partial charge on any atom is -0.322 e. The van der Waals surface area contributed by atoms with Crippen LogP contribution >= 0.6 is 0 Å². The van der Waals surface area contributed by atoms with Crippen LogP contribution in [0.3, 0.4) is 0 Å². The lowest BCUT2D eigenvalue weighted by Gasteiger charge is -2.09. The van der Waals surface area contributed by atoms with E-state index in [1.807, 2.05) is 32.0 Å². The van der Waals surface area contributed by atoms with Crippen LogP contribution in [0.5, 0.6) is 0 Å². The van der Waals surface area contributed by atoms with Crippen molar-refractivity contribution in [3.63, 3.8) is 0 Å². The van der Waals surface area contributed by atoms with Crippen LogP contribution < -0.4 is 5.32 Å². The number of amides is 1. The summed E-state index contributed by atoms with van der Waals surface area (Å²) in [6.45, 7) is 5.97. The second kappa shape index (κ2) is 6.83. The maximum absolute atomic E-state index is 12.6. The molecular formula is C19H22N4O. The Morgan fingerprint density at radius 3 is 2.67 bits per heavy atom. The lowest BCUT2D eigenvalue weighted by molar-refractivity contribution is 0.102. The SMILES string of the molecule is CCCCc1ccc(NC(=O)c2cnc3cc(C)nn3c2C)cc1. The van der Waals surface area contributed by atoms with Gasteiger partial charge in [0.25, 0.3) is 5.91 Å². The van der Waals surface area contributed by atoms with Gasteiger partial charge in [0.05, 0.1) is 17.0 Å². The highest BCUT2D eigenvalue weighted by Gasteiger charge is 2.14. The molecule has 1 amide bonds. The molecule has 24 heavy (non-hydrogen) atoms. The van der Waals surface area contributed by atoms with Gasteiger partial charge < -0.3 is 5.32 Å². The van der Waals surface area contributed by atoms with Crippen LogP contribution in [0.1, 0.15) is 47.1 Å². The van der Waals surface area contributed by atoms with E-state index in [4.69, 9.17) is 0 Å². The number of anilines is 1. The fourth-order valence-electron chi connectivity index (χ4n) is 2.72. The molecule has 5 nitrogen and oxygen atoms in total. The number of unbranched alkanes of at least 4 members (excludes halogenated alkanes) is 1. The predicted octanol–water partition coefficient (Wildman–Crippen LogP) is 3.94. The number of carbonyl (C=O) groups is 1. The molecule has 124 valence electrons. The zero-order valence-electron chi connectivity index (χ0n) is 14.3. The number of fused-ring (bicyclic) bond motifs is 1. The van der Waals surface area contributed by atoms with E-state index in [0.29, 0.717) is 5.56 Å². The molecule has 0 aliphatic rings. The molecule has 0 atom stereocenters. The van der Waals surface area contributed by atoms with Crippen molar-refractivity contribution in [3.8, 4) is 0 Å². The van der Waals surface area contributed by atoms with Crippen LogP contribution in [0.2, 0.25) is 0 Å². The van der Waals surface area contributed by atoms with Gasteiger partial charge in [-0.15, -0.1) is 0 Å². The molecule has 0 fully saturated rings. The number of hydrogen-bond acceptors (Lipinski definition) is 3. The lowest BCUT2D eigenvalue weighted by Crippen LogP contribution is -2.16. The van der Waals surface area contributed by atoms with E-state index in [1.165, 1.54) is 18.4 Å². The number of benzene rings is 1. The van der Waals surface area contributed by atoms with Gasteiger partial charge in [0.15, 0.2) is 5.65 Å². The average molecular weight is 322 g/mol. The molecule has 0 saturated carbocycles. The lowest BCUT2D eigenvalue weighted by atomic mass is 10.1. The third-order valence-electron chi connectivity index (χ3n) is 4.12. The zero-order chi connectivity index (χ0) is 17.1. The average Bonchev–Trinajstić information content (AvgIpc) is 2.96. The second-order valence-corrected chi connectivity index (χ2v) is 6.07. The molecule has 1 aromatic carbocycles. The normalized spacial score (nSPS) is 11.0. The Hall–Kier alpha value is -2.69. The predicted molar refractivity (Wildman–Crippen MR) is 95.5 cm³/mol. The van der Waals surface area contributed by atoms with E-state index in [0.717, 1.165) is 29.1 Å². The number of nitrogens with one attached hydrogen (secondary N) is 1. The van der Waals surface area contributed by atoms with Crippen molar-refractivity contribution in [2.24, 2.45) is 0 Å². The van der Waals surface area contributed by atoms with E-state index in [1.54, 1.807) is 10.7 Å². The van der Waals surface area contributed by atoms with Crippen LogP contribution in [0.15, 0.2) is 36.5 Å². The van der Waals surface area contributed by atoms with Crippen molar-refractivity contribution < 1.29 is 4.79 Å². The minimum absolute atomic E-state index is 0.170. The fraction of sp³-hybridized carbons (Fsp3) is 0.316. The van der Waals surface area contributed by atoms with Gasteiger partial charge in [-0.3, -0.25) is 4.79 Å². The van der Waals surface area contributed by atoms with Crippen molar-refractivity contribution in [1.82, 2.24) is 14.6 Å². The van der Waals surface area contributed by atoms with Crippen LogP contribution in [0.25, 0.3) is 5.65 Å². The Labute approximate surface area is 141 Å². The van der Waals surface area contributed by atoms with Crippen LogP contribution in [-0.2, 0) is 6.42 Å². The van der Waals surface area contributed by atoms with Crippen LogP contribution in [-0.4, -0.2) is 20.5 Å². The first-order valence-electron chi connectivity index (χ1n) is 8.30. The van der Waals surface area contributed by atoms with Crippen molar-refractivity contribution in [2.45, 2.75) is 40.0 Å². The molecule has 2 heterocycles.